The van der Waals surface area contributed by atoms with E-state index in [0.29, 0.717) is 0 Å². The summed E-state index contributed by atoms with van der Waals surface area (Å²) in [5, 5.41) is 8.04. The van der Waals surface area contributed by atoms with Gasteiger partial charge in [0.05, 0.1) is 11.9 Å². The van der Waals surface area contributed by atoms with Gasteiger partial charge in [-0.05, 0) is 19.8 Å². The zero-order valence-corrected chi connectivity index (χ0v) is 8.21. The van der Waals surface area contributed by atoms with Crippen molar-refractivity contribution in [1.82, 2.24) is 4.31 Å². The summed E-state index contributed by atoms with van der Waals surface area (Å²) in [4.78, 5) is 0. The van der Waals surface area contributed by atoms with Gasteiger partial charge in [0, 0.05) is 13.1 Å². The normalized spacial score (nSPS) is 21.3. The van der Waals surface area contributed by atoms with Crippen LogP contribution in [0.1, 0.15) is 19.8 Å². The first kappa shape index (κ1) is 9.95. The molecule has 0 radical (unpaired) electrons. The predicted octanol–water partition coefficient (Wildman–Crippen LogP) is -0.209. The second-order valence-corrected chi connectivity index (χ2v) is 5.70. The molecule has 0 bridgehead atoms. The number of aliphatic hydroxyl groups is 1. The van der Waals surface area contributed by atoms with Gasteiger partial charge in [0.2, 0.25) is 10.0 Å². The Hall–Kier alpha value is -0.130. The first-order valence-electron chi connectivity index (χ1n) is 4.08. The van der Waals surface area contributed by atoms with Gasteiger partial charge in [-0.15, -0.1) is 0 Å². The van der Waals surface area contributed by atoms with Crippen LogP contribution in [-0.4, -0.2) is 42.8 Å². The minimum absolute atomic E-state index is 0.184. The fraction of sp³-hybridized carbons (Fsp3) is 1.00. The predicted molar refractivity (Wildman–Crippen MR) is 46.3 cm³/mol. The molecule has 0 saturated heterocycles. The van der Waals surface area contributed by atoms with Crippen LogP contribution in [0.5, 0.6) is 0 Å². The van der Waals surface area contributed by atoms with Crippen LogP contribution in [0.15, 0.2) is 0 Å². The van der Waals surface area contributed by atoms with Gasteiger partial charge in [-0.3, -0.25) is 0 Å². The first-order chi connectivity index (χ1) is 5.50. The zero-order chi connectivity index (χ0) is 9.35. The van der Waals surface area contributed by atoms with Gasteiger partial charge in [-0.25, -0.2) is 12.7 Å². The third-order valence-electron chi connectivity index (χ3n) is 2.23. The Morgan fingerprint density at radius 1 is 1.58 bits per heavy atom. The van der Waals surface area contributed by atoms with E-state index in [1.807, 2.05) is 0 Å². The van der Waals surface area contributed by atoms with Gasteiger partial charge in [0.1, 0.15) is 0 Å². The Labute approximate surface area is 73.2 Å². The maximum Gasteiger partial charge on any atom is 0.218 e. The van der Waals surface area contributed by atoms with Crippen LogP contribution >= 0.6 is 0 Å². The van der Waals surface area contributed by atoms with E-state index in [9.17, 15) is 8.42 Å². The molecule has 0 aliphatic heterocycles. The Bertz CT molecular complexity index is 245. The average Bonchev–Trinajstić information content (AvgIpc) is 2.83. The molecule has 1 aliphatic carbocycles. The lowest BCUT2D eigenvalue weighted by molar-refractivity contribution is 0.290. The van der Waals surface area contributed by atoms with Gasteiger partial charge in [-0.2, -0.15) is 0 Å². The van der Waals surface area contributed by atoms with Crippen LogP contribution in [0.3, 0.4) is 0 Å². The molecular formula is C7H15NO3S. The Kier molecular flexibility index (Phi) is 2.75. The highest BCUT2D eigenvalue weighted by Crippen LogP contribution is 2.28. The highest BCUT2D eigenvalue weighted by molar-refractivity contribution is 7.89. The number of aliphatic hydroxyl groups excluding tert-OH is 1. The lowest BCUT2D eigenvalue weighted by Crippen LogP contribution is -2.37. The number of hydrogen-bond donors (Lipinski definition) is 1. The minimum atomic E-state index is -3.24. The van der Waals surface area contributed by atoms with Crippen molar-refractivity contribution in [1.29, 1.82) is 0 Å². The molecule has 0 spiro atoms. The molecule has 1 rings (SSSR count). The van der Waals surface area contributed by atoms with Crippen molar-refractivity contribution < 1.29 is 13.5 Å². The lowest BCUT2D eigenvalue weighted by atomic mass is 10.5. The maximum atomic E-state index is 11.5. The summed E-state index contributed by atoms with van der Waals surface area (Å²) < 4.78 is 24.4. The topological polar surface area (TPSA) is 57.6 Å². The van der Waals surface area contributed by atoms with Gasteiger partial charge >= 0.3 is 0 Å². The number of rotatable bonds is 4. The van der Waals surface area contributed by atoms with Crippen molar-refractivity contribution in [2.24, 2.45) is 0 Å². The SMILES string of the molecule is CC(CO)S(=O)(=O)N(C)C1CC1. The molecule has 1 saturated carbocycles. The quantitative estimate of drug-likeness (QED) is 0.672. The highest BCUT2D eigenvalue weighted by Gasteiger charge is 2.36. The van der Waals surface area contributed by atoms with Gasteiger partial charge in [0.25, 0.3) is 0 Å². The number of hydrogen-bond acceptors (Lipinski definition) is 3. The van der Waals surface area contributed by atoms with Crippen LogP contribution in [0.4, 0.5) is 0 Å². The van der Waals surface area contributed by atoms with Crippen molar-refractivity contribution >= 4 is 10.0 Å². The minimum Gasteiger partial charge on any atom is -0.395 e. The molecule has 0 aromatic rings. The first-order valence-corrected chi connectivity index (χ1v) is 5.58. The van der Waals surface area contributed by atoms with E-state index in [-0.39, 0.29) is 12.6 Å². The largest absolute Gasteiger partial charge is 0.395 e. The molecule has 1 atom stereocenters. The molecule has 12 heavy (non-hydrogen) atoms. The summed E-state index contributed by atoms with van der Waals surface area (Å²) >= 11 is 0. The van der Waals surface area contributed by atoms with E-state index < -0.39 is 15.3 Å². The highest BCUT2D eigenvalue weighted by atomic mass is 32.2. The summed E-state index contributed by atoms with van der Waals surface area (Å²) in [5.41, 5.74) is 0. The molecule has 4 nitrogen and oxygen atoms in total. The monoisotopic (exact) mass is 193 g/mol. The molecule has 1 unspecified atom stereocenters. The van der Waals surface area contributed by atoms with E-state index in [2.05, 4.69) is 0 Å². The van der Waals surface area contributed by atoms with Crippen molar-refractivity contribution in [2.75, 3.05) is 13.7 Å². The standard InChI is InChI=1S/C7H15NO3S/c1-6(5-9)12(10,11)8(2)7-3-4-7/h6-7,9H,3-5H2,1-2H3. The van der Waals surface area contributed by atoms with Gasteiger partial charge < -0.3 is 5.11 Å². The summed E-state index contributed by atoms with van der Waals surface area (Å²) in [6, 6.07) is 0.184. The summed E-state index contributed by atoms with van der Waals surface area (Å²) in [6.45, 7) is 1.22. The van der Waals surface area contributed by atoms with E-state index in [4.69, 9.17) is 5.11 Å². The van der Waals surface area contributed by atoms with Gasteiger partial charge in [0.15, 0.2) is 0 Å². The third-order valence-corrected chi connectivity index (χ3v) is 4.50. The second-order valence-electron chi connectivity index (χ2n) is 3.29. The van der Waals surface area contributed by atoms with Crippen LogP contribution in [0, 0.1) is 0 Å². The van der Waals surface area contributed by atoms with E-state index >= 15 is 0 Å². The molecule has 0 aromatic carbocycles. The van der Waals surface area contributed by atoms with Crippen LogP contribution in [0.2, 0.25) is 0 Å². The molecule has 72 valence electrons. The van der Waals surface area contributed by atoms with Crippen molar-refractivity contribution in [3.63, 3.8) is 0 Å². The zero-order valence-electron chi connectivity index (χ0n) is 7.40. The lowest BCUT2D eigenvalue weighted by Gasteiger charge is -2.19. The smallest absolute Gasteiger partial charge is 0.218 e. The summed E-state index contributed by atoms with van der Waals surface area (Å²) in [5.74, 6) is 0. The summed E-state index contributed by atoms with van der Waals surface area (Å²) in [7, 11) is -1.66. The van der Waals surface area contributed by atoms with Crippen molar-refractivity contribution in [2.45, 2.75) is 31.1 Å². The molecule has 0 aromatic heterocycles. The fourth-order valence-corrected chi connectivity index (χ4v) is 2.41. The average molecular weight is 193 g/mol. The van der Waals surface area contributed by atoms with Crippen LogP contribution in [0.25, 0.3) is 0 Å². The molecule has 0 heterocycles. The van der Waals surface area contributed by atoms with Gasteiger partial charge in [-0.1, -0.05) is 0 Å². The molecule has 0 amide bonds. The molecule has 1 fully saturated rings. The molecule has 1 N–H and O–H groups in total. The Morgan fingerprint density at radius 3 is 2.42 bits per heavy atom. The van der Waals surface area contributed by atoms with Crippen LogP contribution in [-0.2, 0) is 10.0 Å². The van der Waals surface area contributed by atoms with E-state index in [0.717, 1.165) is 12.8 Å². The second kappa shape index (κ2) is 3.32. The van der Waals surface area contributed by atoms with Crippen molar-refractivity contribution in [3.8, 4) is 0 Å². The number of nitrogens with zero attached hydrogens (tertiary/aromatic N) is 1. The molecule has 5 heteroatoms. The maximum absolute atomic E-state index is 11.5. The van der Waals surface area contributed by atoms with Crippen LogP contribution < -0.4 is 0 Å². The Balaban J connectivity index is 2.69. The fourth-order valence-electron chi connectivity index (χ4n) is 1.02. The summed E-state index contributed by atoms with van der Waals surface area (Å²) in [6.07, 6.45) is 1.90. The number of sulfonamides is 1. The van der Waals surface area contributed by atoms with Crippen molar-refractivity contribution in [3.05, 3.63) is 0 Å². The Morgan fingerprint density at radius 2 is 2.08 bits per heavy atom. The molecular weight excluding hydrogens is 178 g/mol. The van der Waals surface area contributed by atoms with E-state index in [1.165, 1.54) is 11.2 Å². The van der Waals surface area contributed by atoms with E-state index in [1.54, 1.807) is 7.05 Å². The third kappa shape index (κ3) is 1.78. The molecule has 1 aliphatic rings.